The second-order valence-electron chi connectivity index (χ2n) is 6.29. The highest BCUT2D eigenvalue weighted by atomic mass is 16.5. The monoisotopic (exact) mass is 332 g/mol. The van der Waals surface area contributed by atoms with Crippen molar-refractivity contribution < 1.29 is 19.1 Å². The average Bonchev–Trinajstić information content (AvgIpc) is 3.00. The normalized spacial score (nSPS) is 24.2. The first-order chi connectivity index (χ1) is 11.7. The molecule has 2 saturated heterocycles. The van der Waals surface area contributed by atoms with Crippen LogP contribution in [0.2, 0.25) is 0 Å². The number of rotatable bonds is 6. The number of likely N-dealkylation sites (tertiary alicyclic amines) is 1. The van der Waals surface area contributed by atoms with Crippen molar-refractivity contribution in [3.8, 4) is 0 Å². The SMILES string of the molecule is O=C(CN1CCCC1=O)N[C@@H]1COCC[C@@H]1OCc1ccccc1. The van der Waals surface area contributed by atoms with Crippen LogP contribution in [0.1, 0.15) is 24.8 Å². The Morgan fingerprint density at radius 1 is 1.33 bits per heavy atom. The lowest BCUT2D eigenvalue weighted by atomic mass is 10.1. The maximum absolute atomic E-state index is 12.2. The van der Waals surface area contributed by atoms with Gasteiger partial charge in [0.2, 0.25) is 11.8 Å². The molecule has 0 bridgehead atoms. The molecule has 1 aromatic carbocycles. The van der Waals surface area contributed by atoms with Gasteiger partial charge in [-0.25, -0.2) is 0 Å². The zero-order valence-corrected chi connectivity index (χ0v) is 13.8. The number of carbonyl (C=O) groups excluding carboxylic acids is 2. The Kier molecular flexibility index (Phi) is 5.82. The van der Waals surface area contributed by atoms with E-state index in [2.05, 4.69) is 5.32 Å². The predicted octanol–water partition coefficient (Wildman–Crippen LogP) is 1.10. The lowest BCUT2D eigenvalue weighted by Gasteiger charge is -2.32. The Balaban J connectivity index is 1.50. The van der Waals surface area contributed by atoms with E-state index in [0.717, 1.165) is 18.4 Å². The second-order valence-corrected chi connectivity index (χ2v) is 6.29. The Bertz CT molecular complexity index is 563. The zero-order chi connectivity index (χ0) is 16.8. The molecule has 2 amide bonds. The summed E-state index contributed by atoms with van der Waals surface area (Å²) < 4.78 is 11.5. The summed E-state index contributed by atoms with van der Waals surface area (Å²) in [5, 5.41) is 2.97. The van der Waals surface area contributed by atoms with E-state index in [1.54, 1.807) is 4.90 Å². The molecule has 2 aliphatic rings. The van der Waals surface area contributed by atoms with Gasteiger partial charge in [0.05, 0.1) is 31.9 Å². The smallest absolute Gasteiger partial charge is 0.240 e. The molecule has 6 nitrogen and oxygen atoms in total. The van der Waals surface area contributed by atoms with Gasteiger partial charge in [-0.15, -0.1) is 0 Å². The van der Waals surface area contributed by atoms with Crippen LogP contribution in [0.3, 0.4) is 0 Å². The first kappa shape index (κ1) is 16.9. The minimum atomic E-state index is -0.173. The average molecular weight is 332 g/mol. The molecule has 130 valence electrons. The molecule has 24 heavy (non-hydrogen) atoms. The van der Waals surface area contributed by atoms with E-state index in [9.17, 15) is 9.59 Å². The van der Waals surface area contributed by atoms with Crippen LogP contribution in [0.5, 0.6) is 0 Å². The first-order valence-electron chi connectivity index (χ1n) is 8.53. The standard InChI is InChI=1S/C18H24N2O4/c21-17(11-20-9-4-7-18(20)22)19-15-13-23-10-8-16(15)24-12-14-5-2-1-3-6-14/h1-3,5-6,15-16H,4,7-13H2,(H,19,21)/t15-,16+/m1/s1. The lowest BCUT2D eigenvalue weighted by Crippen LogP contribution is -2.52. The van der Waals surface area contributed by atoms with Gasteiger partial charge in [-0.1, -0.05) is 30.3 Å². The van der Waals surface area contributed by atoms with E-state index in [-0.39, 0.29) is 30.5 Å². The highest BCUT2D eigenvalue weighted by molar-refractivity contribution is 5.86. The molecule has 2 aliphatic heterocycles. The third-order valence-corrected chi connectivity index (χ3v) is 4.45. The third kappa shape index (κ3) is 4.55. The largest absolute Gasteiger partial charge is 0.379 e. The van der Waals surface area contributed by atoms with Gasteiger partial charge >= 0.3 is 0 Å². The van der Waals surface area contributed by atoms with Crippen LogP contribution in [0.25, 0.3) is 0 Å². The van der Waals surface area contributed by atoms with Crippen LogP contribution in [0.15, 0.2) is 30.3 Å². The minimum absolute atomic E-state index is 0.0573. The fourth-order valence-electron chi connectivity index (χ4n) is 3.13. The molecule has 0 unspecified atom stereocenters. The van der Waals surface area contributed by atoms with E-state index in [1.807, 2.05) is 30.3 Å². The quantitative estimate of drug-likeness (QED) is 0.847. The fraction of sp³-hybridized carbons (Fsp3) is 0.556. The van der Waals surface area contributed by atoms with Crippen molar-refractivity contribution in [1.29, 1.82) is 0 Å². The van der Waals surface area contributed by atoms with E-state index in [1.165, 1.54) is 0 Å². The zero-order valence-electron chi connectivity index (χ0n) is 13.8. The molecular formula is C18H24N2O4. The van der Waals surface area contributed by atoms with Crippen molar-refractivity contribution in [2.45, 2.75) is 38.0 Å². The number of benzene rings is 1. The van der Waals surface area contributed by atoms with Gasteiger partial charge in [-0.05, 0) is 18.4 Å². The van der Waals surface area contributed by atoms with Crippen molar-refractivity contribution in [2.24, 2.45) is 0 Å². The van der Waals surface area contributed by atoms with E-state index in [4.69, 9.17) is 9.47 Å². The van der Waals surface area contributed by atoms with Crippen LogP contribution >= 0.6 is 0 Å². The maximum atomic E-state index is 12.2. The van der Waals surface area contributed by atoms with Gasteiger partial charge in [-0.3, -0.25) is 9.59 Å². The first-order valence-corrected chi connectivity index (χ1v) is 8.53. The second kappa shape index (κ2) is 8.26. The molecule has 0 spiro atoms. The molecule has 3 rings (SSSR count). The van der Waals surface area contributed by atoms with Crippen molar-refractivity contribution in [1.82, 2.24) is 10.2 Å². The Labute approximate surface area is 142 Å². The summed E-state index contributed by atoms with van der Waals surface area (Å²) in [4.78, 5) is 25.4. The molecule has 2 heterocycles. The molecule has 2 atom stereocenters. The summed E-state index contributed by atoms with van der Waals surface area (Å²) in [5.74, 6) is -0.0871. The summed E-state index contributed by atoms with van der Waals surface area (Å²) in [5.41, 5.74) is 1.11. The molecule has 6 heteroatoms. The number of carbonyl (C=O) groups is 2. The Hall–Kier alpha value is -1.92. The summed E-state index contributed by atoms with van der Waals surface area (Å²) in [6.45, 7) is 2.39. The van der Waals surface area contributed by atoms with Gasteiger partial charge in [0.15, 0.2) is 0 Å². The predicted molar refractivity (Wildman–Crippen MR) is 88.2 cm³/mol. The molecule has 0 radical (unpaired) electrons. The molecule has 2 fully saturated rings. The molecule has 1 N–H and O–H groups in total. The van der Waals surface area contributed by atoms with Crippen LogP contribution in [-0.2, 0) is 25.7 Å². The molecule has 1 aromatic rings. The minimum Gasteiger partial charge on any atom is -0.379 e. The summed E-state index contributed by atoms with van der Waals surface area (Å²) >= 11 is 0. The van der Waals surface area contributed by atoms with Crippen molar-refractivity contribution in [3.63, 3.8) is 0 Å². The molecular weight excluding hydrogens is 308 g/mol. The van der Waals surface area contributed by atoms with Crippen LogP contribution in [-0.4, -0.2) is 55.2 Å². The highest BCUT2D eigenvalue weighted by Gasteiger charge is 2.29. The molecule has 0 aromatic heterocycles. The molecule has 0 aliphatic carbocycles. The Morgan fingerprint density at radius 2 is 2.17 bits per heavy atom. The third-order valence-electron chi connectivity index (χ3n) is 4.45. The van der Waals surface area contributed by atoms with Crippen LogP contribution < -0.4 is 5.32 Å². The topological polar surface area (TPSA) is 67.9 Å². The van der Waals surface area contributed by atoms with Crippen LogP contribution in [0, 0.1) is 0 Å². The van der Waals surface area contributed by atoms with Gasteiger partial charge in [0.1, 0.15) is 0 Å². The lowest BCUT2D eigenvalue weighted by molar-refractivity contribution is -0.135. The van der Waals surface area contributed by atoms with Crippen molar-refractivity contribution >= 4 is 11.8 Å². The Morgan fingerprint density at radius 3 is 2.92 bits per heavy atom. The number of nitrogens with zero attached hydrogens (tertiary/aromatic N) is 1. The number of nitrogens with one attached hydrogen (secondary N) is 1. The summed E-state index contributed by atoms with van der Waals surface area (Å²) in [6, 6.07) is 9.80. The maximum Gasteiger partial charge on any atom is 0.240 e. The van der Waals surface area contributed by atoms with Crippen molar-refractivity contribution in [2.75, 3.05) is 26.3 Å². The van der Waals surface area contributed by atoms with Crippen molar-refractivity contribution in [3.05, 3.63) is 35.9 Å². The van der Waals surface area contributed by atoms with Gasteiger partial charge in [0, 0.05) is 19.6 Å². The van der Waals surface area contributed by atoms with Crippen LogP contribution in [0.4, 0.5) is 0 Å². The number of amides is 2. The highest BCUT2D eigenvalue weighted by Crippen LogP contribution is 2.15. The fourth-order valence-corrected chi connectivity index (χ4v) is 3.13. The van der Waals surface area contributed by atoms with Gasteiger partial charge in [-0.2, -0.15) is 0 Å². The van der Waals surface area contributed by atoms with E-state index < -0.39 is 0 Å². The summed E-state index contributed by atoms with van der Waals surface area (Å²) in [7, 11) is 0. The number of ether oxygens (including phenoxy) is 2. The molecule has 0 saturated carbocycles. The summed E-state index contributed by atoms with van der Waals surface area (Å²) in [6.07, 6.45) is 2.06. The van der Waals surface area contributed by atoms with Gasteiger partial charge < -0.3 is 19.7 Å². The van der Waals surface area contributed by atoms with Gasteiger partial charge in [0.25, 0.3) is 0 Å². The number of hydrogen-bond donors (Lipinski definition) is 1. The van der Waals surface area contributed by atoms with E-state index >= 15 is 0 Å². The number of hydrogen-bond acceptors (Lipinski definition) is 4. The van der Waals surface area contributed by atoms with E-state index in [0.29, 0.717) is 32.8 Å².